The Kier molecular flexibility index (Phi) is 7.08. The zero-order valence-electron chi connectivity index (χ0n) is 22.4. The van der Waals surface area contributed by atoms with E-state index in [4.69, 9.17) is 19.2 Å². The van der Waals surface area contributed by atoms with Crippen LogP contribution in [0.4, 0.5) is 4.79 Å². The van der Waals surface area contributed by atoms with Gasteiger partial charge in [0.05, 0.1) is 23.5 Å². The molecule has 0 radical (unpaired) electrons. The molecule has 5 rings (SSSR count). The zero-order valence-corrected chi connectivity index (χ0v) is 22.4. The summed E-state index contributed by atoms with van der Waals surface area (Å²) in [6.45, 7) is 6.52. The SMILES string of the molecule is COCCOc1ccn2c(-c3ccccc3)c(-c3ccc(C4(NC(=O)OC(C)(C)C)CCC4)cc3)nc2n1. The van der Waals surface area contributed by atoms with Gasteiger partial charge < -0.3 is 19.5 Å². The smallest absolute Gasteiger partial charge is 0.408 e. The van der Waals surface area contributed by atoms with Gasteiger partial charge in [-0.2, -0.15) is 4.98 Å². The van der Waals surface area contributed by atoms with Crippen molar-refractivity contribution in [2.75, 3.05) is 20.3 Å². The summed E-state index contributed by atoms with van der Waals surface area (Å²) in [7, 11) is 1.64. The number of nitrogens with one attached hydrogen (secondary N) is 1. The van der Waals surface area contributed by atoms with Crippen molar-refractivity contribution in [2.24, 2.45) is 0 Å². The van der Waals surface area contributed by atoms with Crippen LogP contribution in [0.2, 0.25) is 0 Å². The fourth-order valence-corrected chi connectivity index (χ4v) is 4.76. The maximum absolute atomic E-state index is 12.6. The molecule has 8 nitrogen and oxygen atoms in total. The highest BCUT2D eigenvalue weighted by Gasteiger charge is 2.41. The average Bonchev–Trinajstić information content (AvgIpc) is 3.25. The molecule has 2 aromatic carbocycles. The van der Waals surface area contributed by atoms with Crippen LogP contribution in [0.25, 0.3) is 28.3 Å². The third-order valence-corrected chi connectivity index (χ3v) is 6.71. The Morgan fingerprint density at radius 2 is 1.71 bits per heavy atom. The lowest BCUT2D eigenvalue weighted by Crippen LogP contribution is -2.52. The average molecular weight is 515 g/mol. The van der Waals surface area contributed by atoms with Crippen LogP contribution in [0.1, 0.15) is 45.6 Å². The Balaban J connectivity index is 1.49. The van der Waals surface area contributed by atoms with Gasteiger partial charge in [0, 0.05) is 30.5 Å². The molecule has 0 spiro atoms. The van der Waals surface area contributed by atoms with E-state index in [0.29, 0.717) is 24.9 Å². The van der Waals surface area contributed by atoms with Gasteiger partial charge in [-0.05, 0) is 45.6 Å². The maximum atomic E-state index is 12.6. The number of benzene rings is 2. The predicted octanol–water partition coefficient (Wildman–Crippen LogP) is 5.99. The van der Waals surface area contributed by atoms with Crippen molar-refractivity contribution in [3.8, 4) is 28.4 Å². The van der Waals surface area contributed by atoms with Crippen LogP contribution in [-0.2, 0) is 15.0 Å². The Labute approximate surface area is 223 Å². The van der Waals surface area contributed by atoms with Crippen LogP contribution >= 0.6 is 0 Å². The van der Waals surface area contributed by atoms with Crippen LogP contribution in [0.5, 0.6) is 5.88 Å². The van der Waals surface area contributed by atoms with Crippen molar-refractivity contribution < 1.29 is 19.0 Å². The van der Waals surface area contributed by atoms with E-state index < -0.39 is 11.1 Å². The van der Waals surface area contributed by atoms with Gasteiger partial charge in [0.1, 0.15) is 12.2 Å². The van der Waals surface area contributed by atoms with Crippen molar-refractivity contribution in [2.45, 2.75) is 51.2 Å². The predicted molar refractivity (Wildman–Crippen MR) is 146 cm³/mol. The summed E-state index contributed by atoms with van der Waals surface area (Å²) in [5.74, 6) is 1.06. The van der Waals surface area contributed by atoms with Gasteiger partial charge in [-0.25, -0.2) is 9.78 Å². The van der Waals surface area contributed by atoms with Gasteiger partial charge in [0.2, 0.25) is 11.7 Å². The number of amides is 1. The van der Waals surface area contributed by atoms with E-state index >= 15 is 0 Å². The molecule has 2 heterocycles. The largest absolute Gasteiger partial charge is 0.475 e. The number of carbonyl (C=O) groups is 1. The Hall–Kier alpha value is -3.91. The van der Waals surface area contributed by atoms with Crippen LogP contribution < -0.4 is 10.1 Å². The standard InChI is InChI=1S/C30H34N4O4/c1-29(2,3)38-28(35)33-30(16-8-17-30)23-13-11-21(12-14-23)25-26(22-9-6-5-7-10-22)34-18-15-24(31-27(34)32-25)37-20-19-36-4/h5-7,9-15,18H,8,16-17,19-20H2,1-4H3,(H,33,35). The molecule has 1 N–H and O–H groups in total. The molecular weight excluding hydrogens is 480 g/mol. The van der Waals surface area contributed by atoms with E-state index in [9.17, 15) is 4.79 Å². The van der Waals surface area contributed by atoms with Crippen molar-refractivity contribution >= 4 is 11.9 Å². The molecular formula is C30H34N4O4. The number of carbonyl (C=O) groups excluding carboxylic acids is 1. The Morgan fingerprint density at radius 3 is 2.34 bits per heavy atom. The van der Waals surface area contributed by atoms with E-state index in [1.807, 2.05) is 55.6 Å². The first-order valence-corrected chi connectivity index (χ1v) is 13.0. The quantitative estimate of drug-likeness (QED) is 0.291. The minimum atomic E-state index is -0.543. The molecule has 1 amide bonds. The molecule has 0 atom stereocenters. The fraction of sp³-hybridized carbons (Fsp3) is 0.367. The van der Waals surface area contributed by atoms with Gasteiger partial charge in [-0.3, -0.25) is 4.40 Å². The van der Waals surface area contributed by atoms with Crippen molar-refractivity contribution in [1.29, 1.82) is 0 Å². The van der Waals surface area contributed by atoms with Crippen LogP contribution in [0, 0.1) is 0 Å². The summed E-state index contributed by atoms with van der Waals surface area (Å²) in [5.41, 5.74) is 3.90. The van der Waals surface area contributed by atoms with Crippen LogP contribution in [-0.4, -0.2) is 46.4 Å². The topological polar surface area (TPSA) is 87.0 Å². The van der Waals surface area contributed by atoms with Crippen molar-refractivity contribution in [3.63, 3.8) is 0 Å². The molecule has 1 saturated carbocycles. The minimum absolute atomic E-state index is 0.386. The van der Waals surface area contributed by atoms with Crippen molar-refractivity contribution in [3.05, 3.63) is 72.4 Å². The van der Waals surface area contributed by atoms with Gasteiger partial charge in [0.15, 0.2) is 0 Å². The van der Waals surface area contributed by atoms with E-state index in [-0.39, 0.29) is 6.09 Å². The first-order chi connectivity index (χ1) is 18.3. The highest BCUT2D eigenvalue weighted by atomic mass is 16.6. The molecule has 2 aromatic heterocycles. The van der Waals surface area contributed by atoms with Crippen molar-refractivity contribution in [1.82, 2.24) is 19.7 Å². The van der Waals surface area contributed by atoms with Gasteiger partial charge >= 0.3 is 6.09 Å². The normalized spacial score (nSPS) is 14.6. The first-order valence-electron chi connectivity index (χ1n) is 13.0. The number of rotatable bonds is 8. The molecule has 0 bridgehead atoms. The summed E-state index contributed by atoms with van der Waals surface area (Å²) >= 11 is 0. The van der Waals surface area contributed by atoms with Crippen LogP contribution in [0.3, 0.4) is 0 Å². The zero-order chi connectivity index (χ0) is 26.8. The maximum Gasteiger partial charge on any atom is 0.408 e. The lowest BCUT2D eigenvalue weighted by atomic mass is 9.71. The fourth-order valence-electron chi connectivity index (χ4n) is 4.76. The van der Waals surface area contributed by atoms with Gasteiger partial charge in [-0.15, -0.1) is 0 Å². The number of ether oxygens (including phenoxy) is 3. The van der Waals surface area contributed by atoms with Gasteiger partial charge in [-0.1, -0.05) is 54.6 Å². The summed E-state index contributed by atoms with van der Waals surface area (Å²) in [4.78, 5) is 22.1. The monoisotopic (exact) mass is 514 g/mol. The summed E-state index contributed by atoms with van der Waals surface area (Å²) < 4.78 is 18.3. The number of alkyl carbamates (subject to hydrolysis) is 1. The van der Waals surface area contributed by atoms with E-state index in [2.05, 4.69) is 46.7 Å². The number of hydrogen-bond acceptors (Lipinski definition) is 6. The summed E-state index contributed by atoms with van der Waals surface area (Å²) in [6, 6.07) is 20.3. The number of methoxy groups -OCH3 is 1. The molecule has 8 heteroatoms. The second-order valence-electron chi connectivity index (χ2n) is 10.6. The Morgan fingerprint density at radius 1 is 0.974 bits per heavy atom. The molecule has 0 unspecified atom stereocenters. The highest BCUT2D eigenvalue weighted by molar-refractivity contribution is 5.81. The first kappa shape index (κ1) is 25.7. The number of imidazole rings is 1. The number of hydrogen-bond donors (Lipinski definition) is 1. The lowest BCUT2D eigenvalue weighted by molar-refractivity contribution is 0.0377. The second-order valence-corrected chi connectivity index (χ2v) is 10.6. The van der Waals surface area contributed by atoms with Gasteiger partial charge in [0.25, 0.3) is 0 Å². The molecule has 1 aliphatic rings. The molecule has 1 fully saturated rings. The molecule has 1 aliphatic carbocycles. The number of aromatic nitrogens is 3. The van der Waals surface area contributed by atoms with E-state index in [1.165, 1.54) is 0 Å². The molecule has 38 heavy (non-hydrogen) atoms. The second kappa shape index (κ2) is 10.5. The van der Waals surface area contributed by atoms with E-state index in [0.717, 1.165) is 47.3 Å². The third kappa shape index (κ3) is 5.36. The van der Waals surface area contributed by atoms with Crippen LogP contribution in [0.15, 0.2) is 66.9 Å². The summed E-state index contributed by atoms with van der Waals surface area (Å²) in [6.07, 6.45) is 4.37. The number of nitrogens with zero attached hydrogens (tertiary/aromatic N) is 3. The summed E-state index contributed by atoms with van der Waals surface area (Å²) in [5, 5.41) is 3.13. The molecule has 0 aliphatic heterocycles. The molecule has 4 aromatic rings. The lowest BCUT2D eigenvalue weighted by Gasteiger charge is -2.43. The highest BCUT2D eigenvalue weighted by Crippen LogP contribution is 2.42. The third-order valence-electron chi connectivity index (χ3n) is 6.71. The molecule has 198 valence electrons. The minimum Gasteiger partial charge on any atom is -0.475 e. The number of fused-ring (bicyclic) bond motifs is 1. The van der Waals surface area contributed by atoms with E-state index in [1.54, 1.807) is 7.11 Å². The molecule has 0 saturated heterocycles. The Bertz CT molecular complexity index is 1400.